The molecule has 1 fully saturated rings. The third-order valence-corrected chi connectivity index (χ3v) is 4.49. The van der Waals surface area contributed by atoms with Gasteiger partial charge in [-0.15, -0.1) is 0 Å². The van der Waals surface area contributed by atoms with Gasteiger partial charge in [0.05, 0.1) is 5.52 Å². The first-order chi connectivity index (χ1) is 10.3. The topological polar surface area (TPSA) is 75.9 Å². The molecule has 2 atom stereocenters. The summed E-state index contributed by atoms with van der Waals surface area (Å²) in [6.07, 6.45) is 6.36. The molecule has 0 bridgehead atoms. The zero-order valence-electron chi connectivity index (χ0n) is 12.5. The van der Waals surface area contributed by atoms with Crippen molar-refractivity contribution in [2.75, 3.05) is 10.7 Å². The van der Waals surface area contributed by atoms with E-state index in [4.69, 9.17) is 5.84 Å². The number of fused-ring (bicyclic) bond motifs is 1. The van der Waals surface area contributed by atoms with Crippen LogP contribution in [0.5, 0.6) is 0 Å². The van der Waals surface area contributed by atoms with Crippen LogP contribution >= 0.6 is 0 Å². The van der Waals surface area contributed by atoms with Crippen LogP contribution < -0.4 is 16.6 Å². The molecule has 1 saturated carbocycles. The number of aromatic nitrogens is 2. The Balaban J connectivity index is 1.95. The maximum absolute atomic E-state index is 5.49. The van der Waals surface area contributed by atoms with E-state index in [2.05, 4.69) is 33.7 Å². The summed E-state index contributed by atoms with van der Waals surface area (Å²) in [5.74, 6) is 7.56. The van der Waals surface area contributed by atoms with Gasteiger partial charge in [0.15, 0.2) is 0 Å². The van der Waals surface area contributed by atoms with E-state index in [1.54, 1.807) is 0 Å². The summed E-state index contributed by atoms with van der Waals surface area (Å²) in [6.45, 7) is 2.27. The van der Waals surface area contributed by atoms with E-state index in [9.17, 15) is 0 Å². The number of hydrazine groups is 1. The predicted molar refractivity (Wildman–Crippen MR) is 87.0 cm³/mol. The van der Waals surface area contributed by atoms with E-state index < -0.39 is 0 Å². The van der Waals surface area contributed by atoms with Crippen molar-refractivity contribution < 1.29 is 0 Å². The van der Waals surface area contributed by atoms with Crippen molar-refractivity contribution in [3.63, 3.8) is 0 Å². The van der Waals surface area contributed by atoms with E-state index in [0.717, 1.165) is 22.6 Å². The quantitative estimate of drug-likeness (QED) is 0.593. The first-order valence-electron chi connectivity index (χ1n) is 7.81. The van der Waals surface area contributed by atoms with Crippen molar-refractivity contribution in [2.45, 2.75) is 45.1 Å². The van der Waals surface area contributed by atoms with Gasteiger partial charge in [-0.05, 0) is 30.9 Å². The summed E-state index contributed by atoms with van der Waals surface area (Å²) in [4.78, 5) is 8.92. The van der Waals surface area contributed by atoms with E-state index >= 15 is 0 Å². The molecule has 1 aromatic heterocycles. The second-order valence-corrected chi connectivity index (χ2v) is 5.76. The van der Waals surface area contributed by atoms with Gasteiger partial charge in [0.25, 0.3) is 0 Å². The van der Waals surface area contributed by atoms with Crippen molar-refractivity contribution >= 4 is 22.7 Å². The van der Waals surface area contributed by atoms with E-state index in [1.165, 1.54) is 32.1 Å². The largest absolute Gasteiger partial charge is 0.366 e. The fraction of sp³-hybridized carbons (Fsp3) is 0.500. The van der Waals surface area contributed by atoms with Crippen molar-refractivity contribution in [2.24, 2.45) is 11.8 Å². The number of hydrogen-bond donors (Lipinski definition) is 3. The second kappa shape index (κ2) is 6.26. The molecule has 2 aromatic rings. The summed E-state index contributed by atoms with van der Waals surface area (Å²) in [7, 11) is 0. The molecule has 0 radical (unpaired) electrons. The molecule has 5 heteroatoms. The zero-order valence-corrected chi connectivity index (χ0v) is 12.5. The minimum atomic E-state index is 0.458. The summed E-state index contributed by atoms with van der Waals surface area (Å²) in [5, 5.41) is 4.71. The number of nitrogen functional groups attached to an aromatic ring is 1. The highest BCUT2D eigenvalue weighted by molar-refractivity contribution is 5.90. The maximum Gasteiger partial charge on any atom is 0.239 e. The minimum absolute atomic E-state index is 0.458. The van der Waals surface area contributed by atoms with Crippen LogP contribution in [0, 0.1) is 5.92 Å². The zero-order chi connectivity index (χ0) is 14.7. The Kier molecular flexibility index (Phi) is 4.20. The minimum Gasteiger partial charge on any atom is -0.366 e. The Morgan fingerprint density at radius 3 is 2.81 bits per heavy atom. The van der Waals surface area contributed by atoms with Crippen LogP contribution in [0.4, 0.5) is 11.8 Å². The summed E-state index contributed by atoms with van der Waals surface area (Å²) >= 11 is 0. The second-order valence-electron chi connectivity index (χ2n) is 5.76. The highest BCUT2D eigenvalue weighted by atomic mass is 15.3. The lowest BCUT2D eigenvalue weighted by molar-refractivity contribution is 0.317. The molecule has 0 amide bonds. The van der Waals surface area contributed by atoms with Crippen molar-refractivity contribution in [3.05, 3.63) is 24.3 Å². The van der Waals surface area contributed by atoms with Crippen LogP contribution in [0.25, 0.3) is 10.9 Å². The molecule has 21 heavy (non-hydrogen) atoms. The monoisotopic (exact) mass is 285 g/mol. The molecule has 1 aliphatic rings. The van der Waals surface area contributed by atoms with E-state index in [0.29, 0.717) is 12.0 Å². The Bertz CT molecular complexity index is 613. The van der Waals surface area contributed by atoms with Crippen LogP contribution in [-0.2, 0) is 0 Å². The molecule has 1 aromatic carbocycles. The van der Waals surface area contributed by atoms with Crippen molar-refractivity contribution in [1.29, 1.82) is 0 Å². The standard InChI is InChI=1S/C16H23N5/c1-2-11-7-3-5-9-13(11)18-15-12-8-4-6-10-14(12)19-16(20-15)21-17/h4,6,8,10-11,13H,2-3,5,7,9,17H2,1H3,(H2,18,19,20,21). The summed E-state index contributed by atoms with van der Waals surface area (Å²) < 4.78 is 0. The molecular weight excluding hydrogens is 262 g/mol. The van der Waals surface area contributed by atoms with Gasteiger partial charge in [-0.1, -0.05) is 38.3 Å². The number of nitrogens with one attached hydrogen (secondary N) is 2. The van der Waals surface area contributed by atoms with Crippen LogP contribution in [0.1, 0.15) is 39.0 Å². The van der Waals surface area contributed by atoms with Gasteiger partial charge >= 0.3 is 0 Å². The number of anilines is 2. The Morgan fingerprint density at radius 2 is 2.00 bits per heavy atom. The third-order valence-electron chi connectivity index (χ3n) is 4.49. The molecule has 2 unspecified atom stereocenters. The van der Waals surface area contributed by atoms with Gasteiger partial charge in [0.2, 0.25) is 5.95 Å². The molecule has 4 N–H and O–H groups in total. The van der Waals surface area contributed by atoms with Gasteiger partial charge in [-0.2, -0.15) is 4.98 Å². The van der Waals surface area contributed by atoms with Gasteiger partial charge in [0.1, 0.15) is 5.82 Å². The van der Waals surface area contributed by atoms with Crippen LogP contribution in [0.15, 0.2) is 24.3 Å². The number of nitrogens with zero attached hydrogens (tertiary/aromatic N) is 2. The summed E-state index contributed by atoms with van der Waals surface area (Å²) in [6, 6.07) is 8.54. The molecule has 0 spiro atoms. The Morgan fingerprint density at radius 1 is 1.19 bits per heavy atom. The van der Waals surface area contributed by atoms with Crippen LogP contribution in [-0.4, -0.2) is 16.0 Å². The molecule has 3 rings (SSSR count). The van der Waals surface area contributed by atoms with Gasteiger partial charge in [0, 0.05) is 11.4 Å². The molecule has 0 saturated heterocycles. The van der Waals surface area contributed by atoms with Crippen molar-refractivity contribution in [3.8, 4) is 0 Å². The molecule has 112 valence electrons. The molecular formula is C16H23N5. The highest BCUT2D eigenvalue weighted by Crippen LogP contribution is 2.31. The number of nitrogens with two attached hydrogens (primary N) is 1. The third kappa shape index (κ3) is 2.93. The number of para-hydroxylation sites is 1. The number of hydrogen-bond acceptors (Lipinski definition) is 5. The lowest BCUT2D eigenvalue weighted by Crippen LogP contribution is -2.32. The summed E-state index contributed by atoms with van der Waals surface area (Å²) in [5.41, 5.74) is 3.47. The lowest BCUT2D eigenvalue weighted by atomic mass is 9.83. The Labute approximate surface area is 125 Å². The number of benzene rings is 1. The lowest BCUT2D eigenvalue weighted by Gasteiger charge is -2.32. The van der Waals surface area contributed by atoms with Crippen LogP contribution in [0.2, 0.25) is 0 Å². The Hall–Kier alpha value is -1.88. The van der Waals surface area contributed by atoms with Gasteiger partial charge in [-0.25, -0.2) is 10.8 Å². The van der Waals surface area contributed by atoms with E-state index in [-0.39, 0.29) is 0 Å². The average Bonchev–Trinajstić information content (AvgIpc) is 2.55. The smallest absolute Gasteiger partial charge is 0.239 e. The van der Waals surface area contributed by atoms with Gasteiger partial charge < -0.3 is 5.32 Å². The molecule has 5 nitrogen and oxygen atoms in total. The highest BCUT2D eigenvalue weighted by Gasteiger charge is 2.24. The fourth-order valence-electron chi connectivity index (χ4n) is 3.31. The predicted octanol–water partition coefficient (Wildman–Crippen LogP) is 3.30. The SMILES string of the molecule is CCC1CCCCC1Nc1nc(NN)nc2ccccc12. The maximum atomic E-state index is 5.49. The average molecular weight is 285 g/mol. The number of rotatable bonds is 4. The molecule has 0 aliphatic heterocycles. The van der Waals surface area contributed by atoms with Crippen molar-refractivity contribution in [1.82, 2.24) is 9.97 Å². The first-order valence-corrected chi connectivity index (χ1v) is 7.81. The molecule has 1 aliphatic carbocycles. The fourth-order valence-corrected chi connectivity index (χ4v) is 3.31. The van der Waals surface area contributed by atoms with Gasteiger partial charge in [-0.3, -0.25) is 5.43 Å². The molecule has 1 heterocycles. The van der Waals surface area contributed by atoms with Crippen LogP contribution in [0.3, 0.4) is 0 Å². The first kappa shape index (κ1) is 14.1. The normalized spacial score (nSPS) is 22.2. The van der Waals surface area contributed by atoms with E-state index in [1.807, 2.05) is 18.2 Å².